The van der Waals surface area contributed by atoms with Crippen molar-refractivity contribution in [2.45, 2.75) is 70.6 Å². The van der Waals surface area contributed by atoms with Gasteiger partial charge in [0.25, 0.3) is 0 Å². The van der Waals surface area contributed by atoms with Gasteiger partial charge in [-0.1, -0.05) is 6.42 Å². The Morgan fingerprint density at radius 2 is 1.90 bits per heavy atom. The van der Waals surface area contributed by atoms with Crippen LogP contribution < -0.4 is 20.7 Å². The zero-order valence-electron chi connectivity index (χ0n) is 17.8. The maximum Gasteiger partial charge on any atom is 0.223 e. The van der Waals surface area contributed by atoms with E-state index in [4.69, 9.17) is 4.74 Å². The summed E-state index contributed by atoms with van der Waals surface area (Å²) >= 11 is 0. The van der Waals surface area contributed by atoms with Gasteiger partial charge in [0.1, 0.15) is 17.7 Å². The molecule has 2 aliphatic rings. The van der Waals surface area contributed by atoms with Crippen LogP contribution in [0.3, 0.4) is 0 Å². The molecule has 0 saturated heterocycles. The molecule has 3 rings (SSSR count). The molecule has 3 atom stereocenters. The third-order valence-corrected chi connectivity index (χ3v) is 5.31. The quantitative estimate of drug-likeness (QED) is 0.272. The maximum absolute atomic E-state index is 13.0. The van der Waals surface area contributed by atoms with Crippen molar-refractivity contribution in [1.29, 1.82) is 0 Å². The van der Waals surface area contributed by atoms with E-state index in [1.807, 2.05) is 13.8 Å². The molecule has 2 saturated carbocycles. The SMILES string of the molecule is CCNC(=NCC(C)Oc1ccc(F)cc1)NC1CCCC(C(=O)NC2CC2)C1.I. The summed E-state index contributed by atoms with van der Waals surface area (Å²) in [5.74, 6) is 1.39. The number of rotatable bonds is 8. The molecule has 8 heteroatoms. The Kier molecular flexibility index (Phi) is 10.1. The number of ether oxygens (including phenoxy) is 1. The monoisotopic (exact) mass is 532 g/mol. The number of benzene rings is 1. The highest BCUT2D eigenvalue weighted by atomic mass is 127. The average Bonchev–Trinajstić information content (AvgIpc) is 3.52. The smallest absolute Gasteiger partial charge is 0.223 e. The normalized spacial score (nSPS) is 22.4. The second-order valence-electron chi connectivity index (χ2n) is 8.09. The summed E-state index contributed by atoms with van der Waals surface area (Å²) in [4.78, 5) is 17.0. The van der Waals surface area contributed by atoms with Crippen LogP contribution in [0.25, 0.3) is 0 Å². The minimum absolute atomic E-state index is 0. The van der Waals surface area contributed by atoms with E-state index in [0.717, 1.165) is 51.0 Å². The zero-order valence-corrected chi connectivity index (χ0v) is 20.2. The van der Waals surface area contributed by atoms with Gasteiger partial charge in [0.15, 0.2) is 5.96 Å². The van der Waals surface area contributed by atoms with Crippen LogP contribution in [0.1, 0.15) is 52.4 Å². The number of hydrogen-bond donors (Lipinski definition) is 3. The lowest BCUT2D eigenvalue weighted by atomic mass is 9.85. The Balaban J connectivity index is 0.00000320. The molecule has 3 N–H and O–H groups in total. The molecule has 0 aromatic heterocycles. The first-order chi connectivity index (χ1) is 14.0. The standard InChI is InChI=1S/C22H33FN4O2.HI/c1-3-24-22(25-14-15(2)29-20-11-7-17(23)8-12-20)27-19-6-4-5-16(13-19)21(28)26-18-9-10-18;/h7-8,11-12,15-16,18-19H,3-6,9-10,13-14H2,1-2H3,(H,26,28)(H2,24,25,27);1H. The van der Waals surface area contributed by atoms with Crippen LogP contribution in [0.2, 0.25) is 0 Å². The van der Waals surface area contributed by atoms with Gasteiger partial charge < -0.3 is 20.7 Å². The highest BCUT2D eigenvalue weighted by Gasteiger charge is 2.31. The van der Waals surface area contributed by atoms with Crippen molar-refractivity contribution in [2.24, 2.45) is 10.9 Å². The van der Waals surface area contributed by atoms with Gasteiger partial charge in [0, 0.05) is 24.5 Å². The molecule has 6 nitrogen and oxygen atoms in total. The molecule has 0 spiro atoms. The first-order valence-electron chi connectivity index (χ1n) is 10.8. The molecule has 1 aromatic carbocycles. The third kappa shape index (κ3) is 8.28. The van der Waals surface area contributed by atoms with Crippen LogP contribution in [-0.4, -0.2) is 43.1 Å². The second-order valence-corrected chi connectivity index (χ2v) is 8.09. The molecule has 0 radical (unpaired) electrons. The van der Waals surface area contributed by atoms with E-state index >= 15 is 0 Å². The summed E-state index contributed by atoms with van der Waals surface area (Å²) in [6.07, 6.45) is 5.99. The highest BCUT2D eigenvalue weighted by Crippen LogP contribution is 2.26. The molecule has 0 bridgehead atoms. The van der Waals surface area contributed by atoms with Gasteiger partial charge in [-0.2, -0.15) is 0 Å². The molecule has 3 unspecified atom stereocenters. The lowest BCUT2D eigenvalue weighted by Gasteiger charge is -2.30. The van der Waals surface area contributed by atoms with Crippen LogP contribution in [0.15, 0.2) is 29.3 Å². The first-order valence-corrected chi connectivity index (χ1v) is 10.8. The number of guanidine groups is 1. The minimum Gasteiger partial charge on any atom is -0.489 e. The molecule has 0 heterocycles. The van der Waals surface area contributed by atoms with Crippen LogP contribution in [-0.2, 0) is 4.79 Å². The van der Waals surface area contributed by atoms with E-state index in [9.17, 15) is 9.18 Å². The first kappa shape index (κ1) is 24.7. The van der Waals surface area contributed by atoms with Gasteiger partial charge in [0.05, 0.1) is 6.54 Å². The fourth-order valence-electron chi connectivity index (χ4n) is 3.62. The summed E-state index contributed by atoms with van der Waals surface area (Å²) < 4.78 is 18.8. The van der Waals surface area contributed by atoms with Crippen molar-refractivity contribution in [2.75, 3.05) is 13.1 Å². The van der Waals surface area contributed by atoms with Crippen LogP contribution in [0.4, 0.5) is 4.39 Å². The van der Waals surface area contributed by atoms with E-state index in [0.29, 0.717) is 18.3 Å². The fraction of sp³-hybridized carbons (Fsp3) is 0.636. The number of carbonyl (C=O) groups is 1. The fourth-order valence-corrected chi connectivity index (χ4v) is 3.62. The minimum atomic E-state index is -0.279. The number of hydrogen-bond acceptors (Lipinski definition) is 3. The largest absolute Gasteiger partial charge is 0.489 e. The van der Waals surface area contributed by atoms with Gasteiger partial charge in [-0.25, -0.2) is 9.38 Å². The second kappa shape index (κ2) is 12.3. The number of nitrogens with one attached hydrogen (secondary N) is 3. The summed E-state index contributed by atoms with van der Waals surface area (Å²) in [6, 6.07) is 6.66. The Bertz CT molecular complexity index is 697. The summed E-state index contributed by atoms with van der Waals surface area (Å²) in [5, 5.41) is 9.90. The predicted molar refractivity (Wildman–Crippen MR) is 128 cm³/mol. The molecule has 30 heavy (non-hydrogen) atoms. The van der Waals surface area contributed by atoms with Gasteiger partial charge in [-0.05, 0) is 70.2 Å². The predicted octanol–water partition coefficient (Wildman–Crippen LogP) is 3.60. The van der Waals surface area contributed by atoms with Crippen LogP contribution in [0.5, 0.6) is 5.75 Å². The molecular weight excluding hydrogens is 498 g/mol. The number of amides is 1. The van der Waals surface area contributed by atoms with Crippen LogP contribution >= 0.6 is 24.0 Å². The maximum atomic E-state index is 13.0. The Labute approximate surface area is 195 Å². The topological polar surface area (TPSA) is 74.8 Å². The van der Waals surface area contributed by atoms with Crippen molar-refractivity contribution < 1.29 is 13.9 Å². The van der Waals surface area contributed by atoms with Crippen LogP contribution in [0, 0.1) is 11.7 Å². The van der Waals surface area contributed by atoms with Gasteiger partial charge in [0.2, 0.25) is 5.91 Å². The Morgan fingerprint density at radius 1 is 1.17 bits per heavy atom. The van der Waals surface area contributed by atoms with E-state index in [-0.39, 0.29) is 53.8 Å². The summed E-state index contributed by atoms with van der Waals surface area (Å²) in [6.45, 7) is 5.21. The van der Waals surface area contributed by atoms with Crippen molar-refractivity contribution in [3.8, 4) is 5.75 Å². The van der Waals surface area contributed by atoms with Crippen molar-refractivity contribution in [3.05, 3.63) is 30.1 Å². The number of halogens is 2. The third-order valence-electron chi connectivity index (χ3n) is 5.31. The lowest BCUT2D eigenvalue weighted by Crippen LogP contribution is -2.47. The molecular formula is C22H34FIN4O2. The molecule has 1 aromatic rings. The molecule has 0 aliphatic heterocycles. The highest BCUT2D eigenvalue weighted by molar-refractivity contribution is 14.0. The van der Waals surface area contributed by atoms with Gasteiger partial charge in [-0.15, -0.1) is 24.0 Å². The van der Waals surface area contributed by atoms with Gasteiger partial charge in [-0.3, -0.25) is 4.79 Å². The molecule has 168 valence electrons. The van der Waals surface area contributed by atoms with Crippen molar-refractivity contribution in [1.82, 2.24) is 16.0 Å². The number of carbonyl (C=O) groups excluding carboxylic acids is 1. The van der Waals surface area contributed by atoms with E-state index < -0.39 is 0 Å². The van der Waals surface area contributed by atoms with E-state index in [1.54, 1.807) is 12.1 Å². The number of nitrogens with zero attached hydrogens (tertiary/aromatic N) is 1. The van der Waals surface area contributed by atoms with E-state index in [1.165, 1.54) is 12.1 Å². The van der Waals surface area contributed by atoms with Crippen molar-refractivity contribution in [3.63, 3.8) is 0 Å². The van der Waals surface area contributed by atoms with Gasteiger partial charge >= 0.3 is 0 Å². The molecule has 2 fully saturated rings. The lowest BCUT2D eigenvalue weighted by molar-refractivity contribution is -0.126. The molecule has 2 aliphatic carbocycles. The zero-order chi connectivity index (χ0) is 20.6. The molecule has 1 amide bonds. The Morgan fingerprint density at radius 3 is 2.57 bits per heavy atom. The summed E-state index contributed by atoms with van der Waals surface area (Å²) in [7, 11) is 0. The Hall–Kier alpha value is -1.58. The van der Waals surface area contributed by atoms with E-state index in [2.05, 4.69) is 20.9 Å². The van der Waals surface area contributed by atoms with Crippen molar-refractivity contribution >= 4 is 35.8 Å². The average molecular weight is 532 g/mol. The summed E-state index contributed by atoms with van der Waals surface area (Å²) in [5.41, 5.74) is 0. The number of aliphatic imine (C=N–C) groups is 1.